The quantitative estimate of drug-likeness (QED) is 0.800. The fourth-order valence-electron chi connectivity index (χ4n) is 2.42. The topological polar surface area (TPSA) is 35.5 Å². The molecule has 0 aromatic heterocycles. The summed E-state index contributed by atoms with van der Waals surface area (Å²) < 4.78 is 15.0. The first-order valence-electron chi connectivity index (χ1n) is 6.23. The molecule has 1 aliphatic rings. The molecule has 1 saturated heterocycles. The van der Waals surface area contributed by atoms with Crippen LogP contribution in [0.1, 0.15) is 18.0 Å². The SMILES string of the molecule is OCC[C@H](c1cc(I)ccc1F)N1CCNCC1. The highest BCUT2D eigenvalue weighted by Crippen LogP contribution is 2.28. The zero-order valence-electron chi connectivity index (χ0n) is 10.2. The van der Waals surface area contributed by atoms with Crippen LogP contribution in [0, 0.1) is 9.39 Å². The van der Waals surface area contributed by atoms with Gasteiger partial charge in [-0.15, -0.1) is 0 Å². The molecule has 3 nitrogen and oxygen atoms in total. The Kier molecular flexibility index (Phi) is 5.35. The first-order valence-corrected chi connectivity index (χ1v) is 7.31. The van der Waals surface area contributed by atoms with Crippen LogP contribution in [-0.4, -0.2) is 42.8 Å². The molecule has 100 valence electrons. The highest BCUT2D eigenvalue weighted by Gasteiger charge is 2.24. The Hall–Kier alpha value is -0.240. The summed E-state index contributed by atoms with van der Waals surface area (Å²) in [6, 6.07) is 5.15. The largest absolute Gasteiger partial charge is 0.396 e. The summed E-state index contributed by atoms with van der Waals surface area (Å²) in [5.41, 5.74) is 0.706. The normalized spacial score (nSPS) is 18.8. The van der Waals surface area contributed by atoms with Crippen molar-refractivity contribution >= 4 is 22.6 Å². The van der Waals surface area contributed by atoms with E-state index in [0.717, 1.165) is 29.7 Å². The van der Waals surface area contributed by atoms with Gasteiger partial charge in [-0.1, -0.05) is 0 Å². The lowest BCUT2D eigenvalue weighted by Gasteiger charge is -2.35. The zero-order valence-corrected chi connectivity index (χ0v) is 12.4. The third-order valence-corrected chi connectivity index (χ3v) is 3.98. The number of piperazine rings is 1. The minimum absolute atomic E-state index is 0.0215. The maximum atomic E-state index is 14.0. The molecule has 2 rings (SSSR count). The Labute approximate surface area is 121 Å². The number of nitrogens with one attached hydrogen (secondary N) is 1. The van der Waals surface area contributed by atoms with E-state index >= 15 is 0 Å². The number of rotatable bonds is 4. The monoisotopic (exact) mass is 364 g/mol. The van der Waals surface area contributed by atoms with Crippen LogP contribution in [0.2, 0.25) is 0 Å². The maximum Gasteiger partial charge on any atom is 0.128 e. The molecule has 2 N–H and O–H groups in total. The molecule has 1 atom stereocenters. The van der Waals surface area contributed by atoms with Gasteiger partial charge in [0.25, 0.3) is 0 Å². The predicted octanol–water partition coefficient (Wildman–Crippen LogP) is 1.76. The van der Waals surface area contributed by atoms with Gasteiger partial charge in [0, 0.05) is 48.0 Å². The van der Waals surface area contributed by atoms with Gasteiger partial charge in [-0.05, 0) is 47.2 Å². The molecule has 0 bridgehead atoms. The van der Waals surface area contributed by atoms with Gasteiger partial charge in [-0.3, -0.25) is 4.90 Å². The van der Waals surface area contributed by atoms with Gasteiger partial charge in [0.15, 0.2) is 0 Å². The number of aliphatic hydroxyl groups excluding tert-OH is 1. The smallest absolute Gasteiger partial charge is 0.128 e. The van der Waals surface area contributed by atoms with E-state index in [2.05, 4.69) is 32.8 Å². The van der Waals surface area contributed by atoms with Crippen LogP contribution in [0.3, 0.4) is 0 Å². The number of halogens is 2. The summed E-state index contributed by atoms with van der Waals surface area (Å²) in [7, 11) is 0. The Morgan fingerprint density at radius 2 is 2.11 bits per heavy atom. The lowest BCUT2D eigenvalue weighted by atomic mass is 10.0. The second-order valence-corrected chi connectivity index (χ2v) is 5.73. The molecule has 0 radical (unpaired) electrons. The van der Waals surface area contributed by atoms with Crippen LogP contribution in [-0.2, 0) is 0 Å². The molecular weight excluding hydrogens is 346 g/mol. The van der Waals surface area contributed by atoms with E-state index in [1.807, 2.05) is 6.07 Å². The lowest BCUT2D eigenvalue weighted by Crippen LogP contribution is -2.45. The summed E-state index contributed by atoms with van der Waals surface area (Å²) in [5, 5.41) is 12.5. The van der Waals surface area contributed by atoms with E-state index in [1.165, 1.54) is 6.07 Å². The fraction of sp³-hybridized carbons (Fsp3) is 0.538. The molecule has 1 aliphatic heterocycles. The van der Waals surface area contributed by atoms with Gasteiger partial charge in [0.1, 0.15) is 5.82 Å². The number of hydrogen-bond donors (Lipinski definition) is 2. The van der Waals surface area contributed by atoms with Crippen molar-refractivity contribution in [2.75, 3.05) is 32.8 Å². The van der Waals surface area contributed by atoms with Crippen molar-refractivity contribution in [3.8, 4) is 0 Å². The van der Waals surface area contributed by atoms with E-state index in [0.29, 0.717) is 12.0 Å². The Morgan fingerprint density at radius 1 is 1.39 bits per heavy atom. The van der Waals surface area contributed by atoms with Crippen molar-refractivity contribution in [2.24, 2.45) is 0 Å². The summed E-state index contributed by atoms with van der Waals surface area (Å²) in [5.74, 6) is -0.174. The number of aliphatic hydroxyl groups is 1. The van der Waals surface area contributed by atoms with Crippen LogP contribution in [0.25, 0.3) is 0 Å². The van der Waals surface area contributed by atoms with Crippen molar-refractivity contribution in [3.63, 3.8) is 0 Å². The van der Waals surface area contributed by atoms with Gasteiger partial charge in [0.05, 0.1) is 0 Å². The molecule has 1 fully saturated rings. The summed E-state index contributed by atoms with van der Waals surface area (Å²) in [6.07, 6.45) is 0.580. The summed E-state index contributed by atoms with van der Waals surface area (Å²) in [6.45, 7) is 3.73. The molecule has 0 aliphatic carbocycles. The summed E-state index contributed by atoms with van der Waals surface area (Å²) >= 11 is 2.19. The molecule has 18 heavy (non-hydrogen) atoms. The van der Waals surface area contributed by atoms with E-state index in [9.17, 15) is 9.50 Å². The van der Waals surface area contributed by atoms with Crippen LogP contribution in [0.15, 0.2) is 18.2 Å². The van der Waals surface area contributed by atoms with E-state index < -0.39 is 0 Å². The van der Waals surface area contributed by atoms with Gasteiger partial charge in [-0.25, -0.2) is 4.39 Å². The third kappa shape index (κ3) is 3.40. The molecular formula is C13H18FIN2O. The highest BCUT2D eigenvalue weighted by molar-refractivity contribution is 14.1. The maximum absolute atomic E-state index is 14.0. The predicted molar refractivity (Wildman–Crippen MR) is 78.0 cm³/mol. The Bertz CT molecular complexity index is 397. The minimum atomic E-state index is -0.174. The standard InChI is InChI=1S/C13H18FIN2O/c14-12-2-1-10(15)9-11(12)13(3-8-18)17-6-4-16-5-7-17/h1-2,9,13,16,18H,3-8H2/t13-/m1/s1. The number of nitrogens with zero attached hydrogens (tertiary/aromatic N) is 1. The molecule has 5 heteroatoms. The van der Waals surface area contributed by atoms with Gasteiger partial charge in [0.2, 0.25) is 0 Å². The van der Waals surface area contributed by atoms with Crippen molar-refractivity contribution in [2.45, 2.75) is 12.5 Å². The molecule has 1 aromatic rings. The second kappa shape index (κ2) is 6.79. The highest BCUT2D eigenvalue weighted by atomic mass is 127. The molecule has 1 aromatic carbocycles. The fourth-order valence-corrected chi connectivity index (χ4v) is 2.94. The Morgan fingerprint density at radius 3 is 2.78 bits per heavy atom. The lowest BCUT2D eigenvalue weighted by molar-refractivity contribution is 0.138. The molecule has 0 unspecified atom stereocenters. The van der Waals surface area contributed by atoms with Crippen LogP contribution < -0.4 is 5.32 Å². The van der Waals surface area contributed by atoms with Gasteiger partial charge in [-0.2, -0.15) is 0 Å². The molecule has 0 spiro atoms. The third-order valence-electron chi connectivity index (χ3n) is 3.31. The van der Waals surface area contributed by atoms with Crippen molar-refractivity contribution in [1.29, 1.82) is 0 Å². The van der Waals surface area contributed by atoms with Crippen molar-refractivity contribution in [3.05, 3.63) is 33.1 Å². The first kappa shape index (κ1) is 14.2. The zero-order chi connectivity index (χ0) is 13.0. The van der Waals surface area contributed by atoms with Crippen molar-refractivity contribution in [1.82, 2.24) is 10.2 Å². The average molecular weight is 364 g/mol. The van der Waals surface area contributed by atoms with E-state index in [4.69, 9.17) is 0 Å². The van der Waals surface area contributed by atoms with E-state index in [-0.39, 0.29) is 18.5 Å². The molecule has 0 amide bonds. The number of hydrogen-bond acceptors (Lipinski definition) is 3. The van der Waals surface area contributed by atoms with Gasteiger partial charge < -0.3 is 10.4 Å². The van der Waals surface area contributed by atoms with Crippen LogP contribution in [0.5, 0.6) is 0 Å². The van der Waals surface area contributed by atoms with Gasteiger partial charge >= 0.3 is 0 Å². The van der Waals surface area contributed by atoms with Crippen LogP contribution in [0.4, 0.5) is 4.39 Å². The average Bonchev–Trinajstić information content (AvgIpc) is 2.40. The summed E-state index contributed by atoms with van der Waals surface area (Å²) in [4.78, 5) is 2.25. The van der Waals surface area contributed by atoms with E-state index in [1.54, 1.807) is 6.07 Å². The second-order valence-electron chi connectivity index (χ2n) is 4.48. The number of benzene rings is 1. The molecule has 1 heterocycles. The minimum Gasteiger partial charge on any atom is -0.396 e. The van der Waals surface area contributed by atoms with Crippen molar-refractivity contribution < 1.29 is 9.50 Å². The molecule has 0 saturated carbocycles. The van der Waals surface area contributed by atoms with Crippen LogP contribution >= 0.6 is 22.6 Å². The first-order chi connectivity index (χ1) is 8.72. The Balaban J connectivity index is 2.24.